The molecule has 0 aromatic heterocycles. The maximum Gasteiger partial charge on any atom is 0.416 e. The first-order chi connectivity index (χ1) is 19.4. The molecule has 6 nitrogen and oxygen atoms in total. The number of allylic oxidation sites excluding steroid dienone is 2. The Hall–Kier alpha value is -3.13. The summed E-state index contributed by atoms with van der Waals surface area (Å²) in [6.07, 6.45) is 11.6. The second-order valence-corrected chi connectivity index (χ2v) is 18.4. The van der Waals surface area contributed by atoms with E-state index >= 15 is 0 Å². The number of amides is 1. The molecule has 5 aliphatic rings. The zero-order valence-corrected chi connectivity index (χ0v) is 26.3. The lowest BCUT2D eigenvalue weighted by Gasteiger charge is -2.56. The lowest BCUT2D eigenvalue weighted by molar-refractivity contribution is -0.125. The predicted octanol–water partition coefficient (Wildman–Crippen LogP) is 6.91. The molecule has 1 amide bonds. The Morgan fingerprint density at radius 1 is 1.10 bits per heavy atom. The number of carbonyl (C=O) groups is 1. The normalized spacial score (nSPS) is 28.2. The van der Waals surface area contributed by atoms with Gasteiger partial charge in [-0.25, -0.2) is 4.79 Å². The molecule has 1 aliphatic heterocycles. The van der Waals surface area contributed by atoms with Crippen LogP contribution in [0.2, 0.25) is 18.1 Å². The molecule has 4 bridgehead atoms. The summed E-state index contributed by atoms with van der Waals surface area (Å²) < 4.78 is 19.0. The molecule has 0 saturated heterocycles. The summed E-state index contributed by atoms with van der Waals surface area (Å²) in [5, 5.41) is 8.90. The van der Waals surface area contributed by atoms with E-state index in [0.717, 1.165) is 30.5 Å². The molecular formula is C34H43NO5Si. The van der Waals surface area contributed by atoms with Gasteiger partial charge in [-0.05, 0) is 111 Å². The molecule has 1 atom stereocenters. The highest BCUT2D eigenvalue weighted by molar-refractivity contribution is 6.74. The predicted molar refractivity (Wildman–Crippen MR) is 165 cm³/mol. The molecule has 6 rings (SSSR count). The molecule has 4 fully saturated rings. The maximum atomic E-state index is 14.4. The number of anilines is 1. The van der Waals surface area contributed by atoms with Crippen molar-refractivity contribution in [1.29, 1.82) is 0 Å². The Morgan fingerprint density at radius 2 is 1.73 bits per heavy atom. The molecule has 41 heavy (non-hydrogen) atoms. The highest BCUT2D eigenvalue weighted by Crippen LogP contribution is 2.57. The first kappa shape index (κ1) is 29.4. The molecule has 0 spiro atoms. The van der Waals surface area contributed by atoms with Crippen molar-refractivity contribution in [3.05, 3.63) is 41.7 Å². The number of ether oxygens (including phenoxy) is 2. The number of aliphatic hydroxyl groups excluding tert-OH is 1. The number of methoxy groups -OCH3 is 1. The smallest absolute Gasteiger partial charge is 0.416 e. The zero-order chi connectivity index (χ0) is 29.4. The highest BCUT2D eigenvalue weighted by Gasteiger charge is 2.54. The third-order valence-electron chi connectivity index (χ3n) is 9.63. The molecule has 4 saturated carbocycles. The van der Waals surface area contributed by atoms with E-state index in [-0.39, 0.29) is 17.7 Å². The number of carbonyl (C=O) groups excluding carboxylic acids is 1. The summed E-state index contributed by atoms with van der Waals surface area (Å²) in [4.78, 5) is 16.0. The summed E-state index contributed by atoms with van der Waals surface area (Å²) in [7, 11) is -0.649. The molecule has 1 unspecified atom stereocenters. The van der Waals surface area contributed by atoms with Crippen molar-refractivity contribution in [2.24, 2.45) is 17.8 Å². The van der Waals surface area contributed by atoms with Crippen molar-refractivity contribution in [3.63, 3.8) is 0 Å². The fourth-order valence-corrected chi connectivity index (χ4v) is 8.14. The number of aliphatic hydroxyl groups is 1. The van der Waals surface area contributed by atoms with Crippen LogP contribution in [0, 0.1) is 41.4 Å². The van der Waals surface area contributed by atoms with Gasteiger partial charge in [0.1, 0.15) is 23.7 Å². The molecule has 1 aromatic rings. The molecule has 1 N–H and O–H groups in total. The molecule has 4 aliphatic carbocycles. The molecule has 0 radical (unpaired) electrons. The van der Waals surface area contributed by atoms with Gasteiger partial charge < -0.3 is 19.0 Å². The molecular weight excluding hydrogens is 530 g/mol. The third kappa shape index (κ3) is 6.08. The van der Waals surface area contributed by atoms with Gasteiger partial charge in [0.2, 0.25) is 8.32 Å². The average Bonchev–Trinajstić information content (AvgIpc) is 2.88. The van der Waals surface area contributed by atoms with E-state index in [1.54, 1.807) is 24.2 Å². The summed E-state index contributed by atoms with van der Waals surface area (Å²) in [6, 6.07) is 5.04. The summed E-state index contributed by atoms with van der Waals surface area (Å²) >= 11 is 0. The Morgan fingerprint density at radius 3 is 2.32 bits per heavy atom. The number of hydrogen-bond acceptors (Lipinski definition) is 5. The van der Waals surface area contributed by atoms with Crippen LogP contribution in [0.5, 0.6) is 5.75 Å². The van der Waals surface area contributed by atoms with Gasteiger partial charge in [-0.2, -0.15) is 0 Å². The number of fused-ring (bicyclic) bond motifs is 1. The van der Waals surface area contributed by atoms with Crippen LogP contribution in [-0.2, 0) is 9.16 Å². The second kappa shape index (κ2) is 11.3. The minimum atomic E-state index is -2.29. The van der Waals surface area contributed by atoms with Crippen LogP contribution < -0.4 is 9.64 Å². The third-order valence-corrected chi connectivity index (χ3v) is 14.0. The van der Waals surface area contributed by atoms with Crippen LogP contribution in [0.1, 0.15) is 64.9 Å². The van der Waals surface area contributed by atoms with Gasteiger partial charge in [-0.3, -0.25) is 4.90 Å². The van der Waals surface area contributed by atoms with E-state index in [2.05, 4.69) is 57.5 Å². The summed E-state index contributed by atoms with van der Waals surface area (Å²) in [6.45, 7) is 10.8. The van der Waals surface area contributed by atoms with Crippen molar-refractivity contribution in [2.75, 3.05) is 18.6 Å². The second-order valence-electron chi connectivity index (χ2n) is 13.7. The molecule has 7 heteroatoms. The average molecular weight is 574 g/mol. The number of benzene rings is 1. The first-order valence-corrected chi connectivity index (χ1v) is 17.7. The van der Waals surface area contributed by atoms with E-state index < -0.39 is 20.0 Å². The van der Waals surface area contributed by atoms with Crippen LogP contribution in [-0.4, -0.2) is 44.9 Å². The van der Waals surface area contributed by atoms with Crippen LogP contribution in [0.4, 0.5) is 10.5 Å². The fourth-order valence-electron chi connectivity index (χ4n) is 7.07. The standard InChI is InChI=1S/C34H43NO5Si/c1-33(2,3)41(5,6)40-31-20-27-19-28(38-4)13-14-29(27)35(30(31)12-10-8-7-9-11-15-36)32(37)39-34-21-24-16-25(22-34)18-26(17-24)23-34/h7-8,13-14,19-20,24-26,30,36H,15-18,21-23H2,1-6H3/b8-7-. The van der Waals surface area contributed by atoms with Gasteiger partial charge >= 0.3 is 6.09 Å². The SMILES string of the molecule is COc1ccc2c(c1)C=C(O[Si](C)(C)C(C)(C)C)C(C#C/C=C\C#CCO)N2C(=O)OC12CC3CC(CC(C3)C1)C2. The van der Waals surface area contributed by atoms with Gasteiger partial charge in [0, 0.05) is 5.56 Å². The van der Waals surface area contributed by atoms with Gasteiger partial charge in [-0.15, -0.1) is 0 Å². The Kier molecular flexibility index (Phi) is 8.07. The van der Waals surface area contributed by atoms with Gasteiger partial charge in [0.25, 0.3) is 0 Å². The number of nitrogens with zero attached hydrogens (tertiary/aromatic N) is 1. The summed E-state index contributed by atoms with van der Waals surface area (Å²) in [5.41, 5.74) is 1.17. The lowest BCUT2D eigenvalue weighted by atomic mass is 9.54. The van der Waals surface area contributed by atoms with E-state index in [1.165, 1.54) is 19.3 Å². The van der Waals surface area contributed by atoms with Crippen molar-refractivity contribution in [1.82, 2.24) is 0 Å². The van der Waals surface area contributed by atoms with Crippen LogP contribution >= 0.6 is 0 Å². The van der Waals surface area contributed by atoms with Gasteiger partial charge in [-0.1, -0.05) is 44.5 Å². The maximum absolute atomic E-state index is 14.4. The lowest BCUT2D eigenvalue weighted by Crippen LogP contribution is -2.56. The van der Waals surface area contributed by atoms with Crippen LogP contribution in [0.15, 0.2) is 36.1 Å². The van der Waals surface area contributed by atoms with E-state index in [1.807, 2.05) is 24.3 Å². The Bertz CT molecular complexity index is 1330. The van der Waals surface area contributed by atoms with Crippen LogP contribution in [0.3, 0.4) is 0 Å². The van der Waals surface area contributed by atoms with E-state index in [4.69, 9.17) is 19.0 Å². The molecule has 1 heterocycles. The van der Waals surface area contributed by atoms with Crippen molar-refractivity contribution in [2.45, 2.75) is 89.1 Å². The van der Waals surface area contributed by atoms with Gasteiger partial charge in [0.05, 0.1) is 12.8 Å². The first-order valence-electron chi connectivity index (χ1n) is 14.8. The topological polar surface area (TPSA) is 68.2 Å². The number of rotatable bonds is 4. The quantitative estimate of drug-likeness (QED) is 0.313. The minimum Gasteiger partial charge on any atom is -0.544 e. The van der Waals surface area contributed by atoms with Crippen molar-refractivity contribution in [3.8, 4) is 29.4 Å². The Labute approximate surface area is 246 Å². The molecule has 1 aromatic carbocycles. The monoisotopic (exact) mass is 573 g/mol. The van der Waals surface area contributed by atoms with Crippen molar-refractivity contribution < 1.29 is 23.8 Å². The minimum absolute atomic E-state index is 0.0508. The molecule has 218 valence electrons. The highest BCUT2D eigenvalue weighted by atomic mass is 28.4. The Balaban J connectivity index is 1.56. The fraction of sp³-hybridized carbons (Fsp3) is 0.559. The van der Waals surface area contributed by atoms with Gasteiger partial charge in [0.15, 0.2) is 6.04 Å². The number of hydrogen-bond donors (Lipinski definition) is 1. The van der Waals surface area contributed by atoms with Crippen molar-refractivity contribution >= 4 is 26.2 Å². The van der Waals surface area contributed by atoms with E-state index in [0.29, 0.717) is 29.3 Å². The van der Waals surface area contributed by atoms with E-state index in [9.17, 15) is 4.79 Å². The summed E-state index contributed by atoms with van der Waals surface area (Å²) in [5.74, 6) is 15.0. The van der Waals surface area contributed by atoms with Crippen LogP contribution in [0.25, 0.3) is 6.08 Å². The largest absolute Gasteiger partial charge is 0.544 e. The zero-order valence-electron chi connectivity index (χ0n) is 25.3.